The Morgan fingerprint density at radius 3 is 1.89 bits per heavy atom. The zero-order valence-electron chi connectivity index (χ0n) is 15.7. The Kier molecular flexibility index (Phi) is 11.6. The molecular weight excluding hydrogens is 583 g/mol. The fourth-order valence-electron chi connectivity index (χ4n) is 3.36. The van der Waals surface area contributed by atoms with Gasteiger partial charge in [0.2, 0.25) is 0 Å². The minimum absolute atomic E-state index is 0. The molecule has 141 valence electrons. The predicted molar refractivity (Wildman–Crippen MR) is 102 cm³/mol. The Morgan fingerprint density at radius 1 is 0.852 bits per heavy atom. The second-order valence-corrected chi connectivity index (χ2v) is 6.46. The number of ketones is 1. The number of Topliss-reactive ketones (excluding diaryl/α,β-unsaturated/α-hetero) is 1. The van der Waals surface area contributed by atoms with Crippen LogP contribution in [0.5, 0.6) is 0 Å². The van der Waals surface area contributed by atoms with E-state index in [0.29, 0.717) is 18.4 Å². The average Bonchev–Trinajstić information content (AvgIpc) is 2.63. The van der Waals surface area contributed by atoms with Crippen LogP contribution in [-0.4, -0.2) is 17.2 Å². The molecular formula is C22H25NO2WY-2. The Bertz CT molecular complexity index is 726. The van der Waals surface area contributed by atoms with E-state index in [1.165, 1.54) is 0 Å². The molecule has 0 aromatic heterocycles. The number of hydrogen-bond acceptors (Lipinski definition) is 2. The maximum atomic E-state index is 12.6. The van der Waals surface area contributed by atoms with E-state index in [0.717, 1.165) is 30.4 Å². The van der Waals surface area contributed by atoms with E-state index in [9.17, 15) is 9.59 Å². The maximum Gasteiger partial charge on any atom is 0.251 e. The molecule has 3 nitrogen and oxygen atoms in total. The van der Waals surface area contributed by atoms with E-state index in [1.807, 2.05) is 54.6 Å². The monoisotopic (exact) mass is 608 g/mol. The molecule has 0 aliphatic heterocycles. The first-order valence-corrected chi connectivity index (χ1v) is 8.45. The summed E-state index contributed by atoms with van der Waals surface area (Å²) in [7, 11) is 0. The smallest absolute Gasteiger partial charge is 0.251 e. The molecule has 0 atom stereocenters. The number of rotatable bonds is 4. The summed E-state index contributed by atoms with van der Waals surface area (Å²) in [6, 6.07) is 17.5. The van der Waals surface area contributed by atoms with Gasteiger partial charge in [0, 0.05) is 65.1 Å². The van der Waals surface area contributed by atoms with Crippen LogP contribution in [0.15, 0.2) is 54.6 Å². The first-order chi connectivity index (χ1) is 11.6. The van der Waals surface area contributed by atoms with Gasteiger partial charge in [-0.3, -0.25) is 4.79 Å². The van der Waals surface area contributed by atoms with Crippen LogP contribution in [-0.2, 0) is 58.6 Å². The van der Waals surface area contributed by atoms with Gasteiger partial charge in [0.25, 0.3) is 5.91 Å². The molecule has 1 N–H and O–H groups in total. The van der Waals surface area contributed by atoms with Gasteiger partial charge in [-0.25, -0.2) is 0 Å². The van der Waals surface area contributed by atoms with Crippen molar-refractivity contribution in [1.29, 1.82) is 0 Å². The van der Waals surface area contributed by atoms with Crippen LogP contribution in [0.4, 0.5) is 0 Å². The molecule has 0 bridgehead atoms. The second-order valence-electron chi connectivity index (χ2n) is 6.46. The molecule has 5 heteroatoms. The molecule has 2 aromatic rings. The fourth-order valence-corrected chi connectivity index (χ4v) is 3.36. The maximum absolute atomic E-state index is 12.6. The number of amides is 1. The van der Waals surface area contributed by atoms with Gasteiger partial charge in [-0.1, -0.05) is 61.7 Å². The van der Waals surface area contributed by atoms with Crippen molar-refractivity contribution in [3.05, 3.63) is 74.5 Å². The van der Waals surface area contributed by atoms with E-state index >= 15 is 0 Å². The van der Waals surface area contributed by atoms with Crippen LogP contribution in [0.2, 0.25) is 0 Å². The summed E-state index contributed by atoms with van der Waals surface area (Å²) in [5, 5.41) is 2.96. The first-order valence-electron chi connectivity index (χ1n) is 8.45. The largest absolute Gasteiger partial charge is 0.358 e. The molecule has 1 aliphatic carbocycles. The van der Waals surface area contributed by atoms with Crippen molar-refractivity contribution in [3.8, 4) is 11.1 Å². The molecule has 1 aliphatic rings. The standard InChI is InChI=1S/C21H22NO2.CH3.W.Y/c1-16(23)21(14-6-3-7-15-21)22-20(24)19-12-10-18(11-13-19)17-8-4-2-5-9-17;;;/h2,4-5,8-13H,1,3,6-7,14-15H2,(H,22,24);1H3;;/q2*-1;;. The topological polar surface area (TPSA) is 46.2 Å². The number of nitrogens with one attached hydrogen (secondary N) is 1. The minimum atomic E-state index is -0.784. The average molecular weight is 608 g/mol. The molecule has 27 heavy (non-hydrogen) atoms. The van der Waals surface area contributed by atoms with Gasteiger partial charge in [-0.15, -0.1) is 0 Å². The summed E-state index contributed by atoms with van der Waals surface area (Å²) in [5.41, 5.74) is 1.96. The number of benzene rings is 2. The normalized spacial score (nSPS) is 14.5. The van der Waals surface area contributed by atoms with Crippen LogP contribution >= 0.6 is 0 Å². The molecule has 1 amide bonds. The van der Waals surface area contributed by atoms with Gasteiger partial charge in [0.1, 0.15) is 0 Å². The summed E-state index contributed by atoms with van der Waals surface area (Å²) >= 11 is 0. The van der Waals surface area contributed by atoms with Gasteiger partial charge in [0.15, 0.2) is 0 Å². The zero-order chi connectivity index (χ0) is 17.0. The summed E-state index contributed by atoms with van der Waals surface area (Å²) in [5.74, 6) is -0.384. The molecule has 3 rings (SSSR count). The van der Waals surface area contributed by atoms with Crippen LogP contribution in [0, 0.1) is 14.4 Å². The van der Waals surface area contributed by atoms with Crippen molar-refractivity contribution in [2.24, 2.45) is 0 Å². The molecule has 1 radical (unpaired) electrons. The van der Waals surface area contributed by atoms with E-state index in [2.05, 4.69) is 12.2 Å². The fraction of sp³-hybridized carbons (Fsp3) is 0.273. The molecule has 1 fully saturated rings. The van der Waals surface area contributed by atoms with Crippen LogP contribution in [0.3, 0.4) is 0 Å². The Balaban J connectivity index is 0.00000225. The van der Waals surface area contributed by atoms with Gasteiger partial charge >= 0.3 is 0 Å². The van der Waals surface area contributed by atoms with Crippen LogP contribution < -0.4 is 5.32 Å². The third kappa shape index (κ3) is 6.38. The first kappa shape index (κ1) is 26.2. The van der Waals surface area contributed by atoms with E-state index in [-0.39, 0.29) is 72.9 Å². The number of hydrogen-bond donors (Lipinski definition) is 1. The van der Waals surface area contributed by atoms with Gasteiger partial charge in [-0.2, -0.15) is 0 Å². The number of carbonyl (C=O) groups excluding carboxylic acids is 2. The molecule has 0 spiro atoms. The van der Waals surface area contributed by atoms with E-state index in [4.69, 9.17) is 0 Å². The van der Waals surface area contributed by atoms with Crippen molar-refractivity contribution in [3.63, 3.8) is 0 Å². The van der Waals surface area contributed by atoms with Crippen molar-refractivity contribution in [2.45, 2.75) is 37.6 Å². The molecule has 1 saturated carbocycles. The van der Waals surface area contributed by atoms with Crippen molar-refractivity contribution in [2.75, 3.05) is 0 Å². The van der Waals surface area contributed by atoms with Crippen LogP contribution in [0.1, 0.15) is 42.5 Å². The van der Waals surface area contributed by atoms with E-state index < -0.39 is 5.54 Å². The number of carbonyl (C=O) groups is 2. The summed E-state index contributed by atoms with van der Waals surface area (Å²) < 4.78 is 0. The van der Waals surface area contributed by atoms with Gasteiger partial charge < -0.3 is 24.5 Å². The van der Waals surface area contributed by atoms with Crippen LogP contribution in [0.25, 0.3) is 11.1 Å². The summed E-state index contributed by atoms with van der Waals surface area (Å²) in [6.45, 7) is 3.58. The van der Waals surface area contributed by atoms with Crippen molar-refractivity contribution >= 4 is 11.7 Å². The van der Waals surface area contributed by atoms with Gasteiger partial charge in [-0.05, 0) is 36.1 Å². The Morgan fingerprint density at radius 2 is 1.37 bits per heavy atom. The third-order valence-corrected chi connectivity index (χ3v) is 4.85. The predicted octanol–water partition coefficient (Wildman–Crippen LogP) is 4.63. The molecule has 0 heterocycles. The third-order valence-electron chi connectivity index (χ3n) is 4.85. The van der Waals surface area contributed by atoms with Crippen molar-refractivity contribution in [1.82, 2.24) is 5.32 Å². The summed E-state index contributed by atoms with van der Waals surface area (Å²) in [4.78, 5) is 24.6. The quantitative estimate of drug-likeness (QED) is 0.515. The molecule has 0 saturated heterocycles. The minimum Gasteiger partial charge on any atom is -0.358 e. The Hall–Kier alpha value is -0.758. The van der Waals surface area contributed by atoms with Crippen molar-refractivity contribution < 1.29 is 63.4 Å². The summed E-state index contributed by atoms with van der Waals surface area (Å²) in [6.07, 6.45) is 4.38. The Labute approximate surface area is 202 Å². The van der Waals surface area contributed by atoms with Gasteiger partial charge in [0.05, 0.1) is 5.54 Å². The molecule has 2 aromatic carbocycles. The zero-order valence-corrected chi connectivity index (χ0v) is 21.5. The molecule has 0 unspecified atom stereocenters. The second kappa shape index (κ2) is 11.9. The van der Waals surface area contributed by atoms with E-state index in [1.54, 1.807) is 0 Å². The SMILES string of the molecule is [CH2-]C(=O)C1(NC(=O)c2ccc(-c3ccccc3)cc2)CCCCC1.[CH3-].[W].[Y].